The lowest BCUT2D eigenvalue weighted by atomic mass is 10.2. The second-order valence-electron chi connectivity index (χ2n) is 3.61. The molecule has 0 atom stereocenters. The van der Waals surface area contributed by atoms with Crippen molar-refractivity contribution < 1.29 is 0 Å². The van der Waals surface area contributed by atoms with E-state index in [1.165, 1.54) is 15.9 Å². The molecule has 2 aromatic heterocycles. The molecule has 0 N–H and O–H groups in total. The predicted molar refractivity (Wildman–Crippen MR) is 68.6 cm³/mol. The van der Waals surface area contributed by atoms with Crippen LogP contribution in [0.25, 0.3) is 0 Å². The number of thiophene rings is 1. The van der Waals surface area contributed by atoms with E-state index in [9.17, 15) is 4.79 Å². The van der Waals surface area contributed by atoms with Crippen LogP contribution in [-0.4, -0.2) is 4.57 Å². The van der Waals surface area contributed by atoms with Crippen LogP contribution < -0.4 is 5.56 Å². The van der Waals surface area contributed by atoms with Crippen molar-refractivity contribution in [2.45, 2.75) is 13.5 Å². The SMILES string of the molecule is Cc1ccn(Cc2sccc2Cl)c(=O)c1C#N. The van der Waals surface area contributed by atoms with Gasteiger partial charge in [0.15, 0.2) is 0 Å². The van der Waals surface area contributed by atoms with Crippen LogP contribution in [0.5, 0.6) is 0 Å². The molecule has 2 aromatic rings. The van der Waals surface area contributed by atoms with Gasteiger partial charge in [-0.15, -0.1) is 11.3 Å². The predicted octanol–water partition coefficient (Wildman–Crippen LogP) is 2.79. The first-order valence-electron chi connectivity index (χ1n) is 4.95. The van der Waals surface area contributed by atoms with E-state index in [1.807, 2.05) is 11.4 Å². The summed E-state index contributed by atoms with van der Waals surface area (Å²) in [5, 5.41) is 11.4. The van der Waals surface area contributed by atoms with Gasteiger partial charge >= 0.3 is 0 Å². The van der Waals surface area contributed by atoms with Gasteiger partial charge in [-0.25, -0.2) is 0 Å². The fourth-order valence-corrected chi connectivity index (χ4v) is 2.61. The lowest BCUT2D eigenvalue weighted by Gasteiger charge is -2.06. The van der Waals surface area contributed by atoms with Crippen LogP contribution in [0.15, 0.2) is 28.5 Å². The standard InChI is InChI=1S/C12H9ClN2OS/c1-8-2-4-15(12(16)9(8)6-14)7-11-10(13)3-5-17-11/h2-5H,7H2,1H3. The molecule has 0 saturated heterocycles. The molecule has 0 aliphatic rings. The lowest BCUT2D eigenvalue weighted by Crippen LogP contribution is -2.23. The summed E-state index contributed by atoms with van der Waals surface area (Å²) in [6.45, 7) is 2.16. The number of halogens is 1. The molecule has 0 spiro atoms. The summed E-state index contributed by atoms with van der Waals surface area (Å²) in [5.74, 6) is 0. The molecule has 2 rings (SSSR count). The van der Waals surface area contributed by atoms with Crippen LogP contribution in [0.4, 0.5) is 0 Å². The van der Waals surface area contributed by atoms with E-state index >= 15 is 0 Å². The topological polar surface area (TPSA) is 45.8 Å². The number of hydrogen-bond donors (Lipinski definition) is 0. The highest BCUT2D eigenvalue weighted by molar-refractivity contribution is 7.10. The van der Waals surface area contributed by atoms with Gasteiger partial charge in [0.1, 0.15) is 11.6 Å². The maximum absolute atomic E-state index is 12.0. The van der Waals surface area contributed by atoms with Crippen molar-refractivity contribution in [1.82, 2.24) is 4.57 Å². The molecule has 17 heavy (non-hydrogen) atoms. The Balaban J connectivity index is 2.46. The van der Waals surface area contributed by atoms with Crippen LogP contribution in [0.3, 0.4) is 0 Å². The van der Waals surface area contributed by atoms with E-state index in [-0.39, 0.29) is 11.1 Å². The van der Waals surface area contributed by atoms with Crippen LogP contribution in [-0.2, 0) is 6.54 Å². The molecule has 0 bridgehead atoms. The lowest BCUT2D eigenvalue weighted by molar-refractivity contribution is 0.764. The Morgan fingerprint density at radius 1 is 1.53 bits per heavy atom. The molecule has 0 saturated carbocycles. The van der Waals surface area contributed by atoms with Gasteiger partial charge in [0, 0.05) is 11.1 Å². The number of aryl methyl sites for hydroxylation is 1. The second-order valence-corrected chi connectivity index (χ2v) is 5.02. The molecular weight excluding hydrogens is 256 g/mol. The van der Waals surface area contributed by atoms with E-state index in [1.54, 1.807) is 25.3 Å². The van der Waals surface area contributed by atoms with Gasteiger partial charge in [0.05, 0.1) is 11.6 Å². The van der Waals surface area contributed by atoms with Crippen molar-refractivity contribution in [2.24, 2.45) is 0 Å². The third kappa shape index (κ3) is 2.26. The summed E-state index contributed by atoms with van der Waals surface area (Å²) in [6, 6.07) is 5.50. The number of nitriles is 1. The molecule has 0 fully saturated rings. The highest BCUT2D eigenvalue weighted by Crippen LogP contribution is 2.22. The summed E-state index contributed by atoms with van der Waals surface area (Å²) < 4.78 is 1.50. The van der Waals surface area contributed by atoms with Crippen molar-refractivity contribution in [3.63, 3.8) is 0 Å². The number of rotatable bonds is 2. The Morgan fingerprint density at radius 3 is 2.88 bits per heavy atom. The normalized spacial score (nSPS) is 10.2. The van der Waals surface area contributed by atoms with Gasteiger partial charge in [-0.3, -0.25) is 4.79 Å². The van der Waals surface area contributed by atoms with Crippen LogP contribution in [0.2, 0.25) is 5.02 Å². The molecular formula is C12H9ClN2OS. The fourth-order valence-electron chi connectivity index (χ4n) is 1.52. The van der Waals surface area contributed by atoms with Gasteiger partial charge < -0.3 is 4.57 Å². The van der Waals surface area contributed by atoms with E-state index in [4.69, 9.17) is 16.9 Å². The maximum atomic E-state index is 12.0. The monoisotopic (exact) mass is 264 g/mol. The molecule has 0 unspecified atom stereocenters. The minimum absolute atomic E-state index is 0.195. The Labute approximate surface area is 108 Å². The Morgan fingerprint density at radius 2 is 2.29 bits per heavy atom. The minimum atomic E-state index is -0.267. The van der Waals surface area contributed by atoms with Gasteiger partial charge in [-0.2, -0.15) is 5.26 Å². The minimum Gasteiger partial charge on any atom is -0.309 e. The zero-order chi connectivity index (χ0) is 12.4. The van der Waals surface area contributed by atoms with E-state index in [0.29, 0.717) is 17.1 Å². The van der Waals surface area contributed by atoms with Crippen LogP contribution >= 0.6 is 22.9 Å². The average Bonchev–Trinajstić information content (AvgIpc) is 2.69. The highest BCUT2D eigenvalue weighted by Gasteiger charge is 2.08. The molecule has 3 nitrogen and oxygen atoms in total. The summed E-state index contributed by atoms with van der Waals surface area (Å²) in [7, 11) is 0. The Bertz CT molecular complexity index is 651. The first-order valence-corrected chi connectivity index (χ1v) is 6.21. The highest BCUT2D eigenvalue weighted by atomic mass is 35.5. The largest absolute Gasteiger partial charge is 0.309 e. The quantitative estimate of drug-likeness (QED) is 0.837. The van der Waals surface area contributed by atoms with E-state index in [0.717, 1.165) is 4.88 Å². The van der Waals surface area contributed by atoms with Crippen LogP contribution in [0.1, 0.15) is 16.0 Å². The Hall–Kier alpha value is -1.57. The first kappa shape index (κ1) is 11.9. The second kappa shape index (κ2) is 4.74. The van der Waals surface area contributed by atoms with Gasteiger partial charge in [0.2, 0.25) is 0 Å². The summed E-state index contributed by atoms with van der Waals surface area (Å²) in [4.78, 5) is 12.9. The van der Waals surface area contributed by atoms with Crippen molar-refractivity contribution >= 4 is 22.9 Å². The summed E-state index contributed by atoms with van der Waals surface area (Å²) in [5.41, 5.74) is 0.628. The summed E-state index contributed by atoms with van der Waals surface area (Å²) >= 11 is 7.47. The fraction of sp³-hybridized carbons (Fsp3) is 0.167. The Kier molecular flexibility index (Phi) is 3.32. The molecule has 2 heterocycles. The van der Waals surface area contributed by atoms with Crippen molar-refractivity contribution in [1.29, 1.82) is 5.26 Å². The number of pyridine rings is 1. The van der Waals surface area contributed by atoms with Crippen LogP contribution in [0, 0.1) is 18.3 Å². The van der Waals surface area contributed by atoms with Crippen molar-refractivity contribution in [3.8, 4) is 6.07 Å². The molecule has 86 valence electrons. The smallest absolute Gasteiger partial charge is 0.269 e. The van der Waals surface area contributed by atoms with Crippen molar-refractivity contribution in [2.75, 3.05) is 0 Å². The molecule has 0 aliphatic carbocycles. The molecule has 0 aliphatic heterocycles. The van der Waals surface area contributed by atoms with Gasteiger partial charge in [-0.05, 0) is 30.0 Å². The third-order valence-electron chi connectivity index (χ3n) is 2.49. The molecule has 5 heteroatoms. The molecule has 0 amide bonds. The first-order chi connectivity index (χ1) is 8.13. The molecule has 0 aromatic carbocycles. The van der Waals surface area contributed by atoms with E-state index < -0.39 is 0 Å². The number of hydrogen-bond acceptors (Lipinski definition) is 3. The van der Waals surface area contributed by atoms with Crippen molar-refractivity contribution in [3.05, 3.63) is 55.1 Å². The van der Waals surface area contributed by atoms with Gasteiger partial charge in [-0.1, -0.05) is 11.6 Å². The summed E-state index contributed by atoms with van der Waals surface area (Å²) in [6.07, 6.45) is 1.69. The van der Waals surface area contributed by atoms with Gasteiger partial charge in [0.25, 0.3) is 5.56 Å². The zero-order valence-corrected chi connectivity index (χ0v) is 10.7. The maximum Gasteiger partial charge on any atom is 0.269 e. The molecule has 0 radical (unpaired) electrons. The number of aromatic nitrogens is 1. The average molecular weight is 265 g/mol. The van der Waals surface area contributed by atoms with E-state index in [2.05, 4.69) is 0 Å². The third-order valence-corrected chi connectivity index (χ3v) is 3.86. The zero-order valence-electron chi connectivity index (χ0n) is 9.11. The number of nitrogens with zero attached hydrogens (tertiary/aromatic N) is 2.